The predicted octanol–water partition coefficient (Wildman–Crippen LogP) is 3.05. The number of carbonyl (C=O) groups is 2. The van der Waals surface area contributed by atoms with Crippen LogP contribution in [-0.4, -0.2) is 47.8 Å². The Bertz CT molecular complexity index is 743. The highest BCUT2D eigenvalue weighted by molar-refractivity contribution is 6.31. The fourth-order valence-corrected chi connectivity index (χ4v) is 3.10. The van der Waals surface area contributed by atoms with Crippen molar-refractivity contribution in [3.05, 3.63) is 59.2 Å². The van der Waals surface area contributed by atoms with Crippen molar-refractivity contribution in [3.8, 4) is 0 Å². The molecule has 25 heavy (non-hydrogen) atoms. The molecule has 0 aliphatic carbocycles. The quantitative estimate of drug-likeness (QED) is 0.772. The average molecular weight is 358 g/mol. The standard InChI is InChI=1S/C19H20ClN3O2/c20-16-5-3-4-15(14-16)17(24)7-8-19(25)23-12-10-22(11-13-23)18-6-1-2-9-21-18/h1-6,9,14H,7-8,10-13H2. The number of Topliss-reactive ketones (excluding diaryl/α,β-unsaturated/α-hetero) is 1. The second-order valence-corrected chi connectivity index (χ2v) is 6.43. The molecule has 5 nitrogen and oxygen atoms in total. The van der Waals surface area contributed by atoms with Crippen LogP contribution in [0.15, 0.2) is 48.7 Å². The van der Waals surface area contributed by atoms with Gasteiger partial charge in [0, 0.05) is 55.8 Å². The molecule has 0 atom stereocenters. The van der Waals surface area contributed by atoms with Crippen LogP contribution in [0.4, 0.5) is 5.82 Å². The van der Waals surface area contributed by atoms with Gasteiger partial charge < -0.3 is 9.80 Å². The van der Waals surface area contributed by atoms with Crippen molar-refractivity contribution in [2.24, 2.45) is 0 Å². The Morgan fingerprint density at radius 3 is 2.48 bits per heavy atom. The van der Waals surface area contributed by atoms with Gasteiger partial charge in [-0.25, -0.2) is 4.98 Å². The van der Waals surface area contributed by atoms with Crippen LogP contribution in [-0.2, 0) is 4.79 Å². The zero-order valence-electron chi connectivity index (χ0n) is 13.9. The number of halogens is 1. The molecule has 6 heteroatoms. The number of aromatic nitrogens is 1. The minimum atomic E-state index is -0.0528. The lowest BCUT2D eigenvalue weighted by atomic mass is 10.1. The van der Waals surface area contributed by atoms with Crippen LogP contribution >= 0.6 is 11.6 Å². The third kappa shape index (κ3) is 4.57. The molecule has 1 fully saturated rings. The van der Waals surface area contributed by atoms with E-state index < -0.39 is 0 Å². The molecule has 130 valence electrons. The number of hydrogen-bond donors (Lipinski definition) is 0. The summed E-state index contributed by atoms with van der Waals surface area (Å²) in [5, 5.41) is 0.530. The van der Waals surface area contributed by atoms with Crippen molar-refractivity contribution < 1.29 is 9.59 Å². The van der Waals surface area contributed by atoms with Gasteiger partial charge in [0.15, 0.2) is 5.78 Å². The first-order chi connectivity index (χ1) is 12.1. The van der Waals surface area contributed by atoms with Gasteiger partial charge in [-0.1, -0.05) is 29.8 Å². The van der Waals surface area contributed by atoms with Gasteiger partial charge in [-0.2, -0.15) is 0 Å². The van der Waals surface area contributed by atoms with E-state index in [9.17, 15) is 9.59 Å². The van der Waals surface area contributed by atoms with Crippen LogP contribution < -0.4 is 4.90 Å². The van der Waals surface area contributed by atoms with Crippen LogP contribution in [0.3, 0.4) is 0 Å². The molecule has 2 aromatic rings. The molecule has 1 aliphatic heterocycles. The summed E-state index contributed by atoms with van der Waals surface area (Å²) in [5.41, 5.74) is 0.556. The van der Waals surface area contributed by atoms with E-state index in [0.29, 0.717) is 23.7 Å². The number of nitrogens with zero attached hydrogens (tertiary/aromatic N) is 3. The molecule has 0 saturated carbocycles. The lowest BCUT2D eigenvalue weighted by Crippen LogP contribution is -2.49. The molecule has 1 aromatic carbocycles. The monoisotopic (exact) mass is 357 g/mol. The van der Waals surface area contributed by atoms with Crippen molar-refractivity contribution in [1.29, 1.82) is 0 Å². The van der Waals surface area contributed by atoms with E-state index in [1.165, 1.54) is 0 Å². The first kappa shape index (κ1) is 17.4. The summed E-state index contributed by atoms with van der Waals surface area (Å²) in [5.74, 6) is 0.907. The summed E-state index contributed by atoms with van der Waals surface area (Å²) in [6.07, 6.45) is 2.21. The third-order valence-electron chi connectivity index (χ3n) is 4.32. The molecule has 0 N–H and O–H groups in total. The molecule has 3 rings (SSSR count). The maximum absolute atomic E-state index is 12.4. The van der Waals surface area contributed by atoms with Crippen LogP contribution in [0.25, 0.3) is 0 Å². The Kier molecular flexibility index (Phi) is 5.66. The molecule has 1 amide bonds. The average Bonchev–Trinajstić information content (AvgIpc) is 2.66. The molecule has 0 spiro atoms. The van der Waals surface area contributed by atoms with Gasteiger partial charge in [0.05, 0.1) is 0 Å². The number of anilines is 1. The van der Waals surface area contributed by atoms with Crippen molar-refractivity contribution in [2.75, 3.05) is 31.1 Å². The highest BCUT2D eigenvalue weighted by atomic mass is 35.5. The zero-order chi connectivity index (χ0) is 17.6. The summed E-state index contributed by atoms with van der Waals surface area (Å²) in [6.45, 7) is 2.82. The fourth-order valence-electron chi connectivity index (χ4n) is 2.91. The lowest BCUT2D eigenvalue weighted by Gasteiger charge is -2.35. The number of benzene rings is 1. The Balaban J connectivity index is 1.47. The predicted molar refractivity (Wildman–Crippen MR) is 98.0 cm³/mol. The van der Waals surface area contributed by atoms with Gasteiger partial charge in [-0.3, -0.25) is 9.59 Å². The highest BCUT2D eigenvalue weighted by Crippen LogP contribution is 2.15. The molecule has 1 aliphatic rings. The van der Waals surface area contributed by atoms with Crippen molar-refractivity contribution in [3.63, 3.8) is 0 Å². The van der Waals surface area contributed by atoms with E-state index in [2.05, 4.69) is 9.88 Å². The topological polar surface area (TPSA) is 53.5 Å². The Morgan fingerprint density at radius 2 is 1.80 bits per heavy atom. The minimum absolute atomic E-state index is 0.0241. The van der Waals surface area contributed by atoms with Crippen LogP contribution in [0.5, 0.6) is 0 Å². The number of ketones is 1. The minimum Gasteiger partial charge on any atom is -0.353 e. The molecule has 1 saturated heterocycles. The third-order valence-corrected chi connectivity index (χ3v) is 4.55. The van der Waals surface area contributed by atoms with Gasteiger partial charge in [0.2, 0.25) is 5.91 Å². The smallest absolute Gasteiger partial charge is 0.223 e. The SMILES string of the molecule is O=C(CCC(=O)N1CCN(c2ccccn2)CC1)c1cccc(Cl)c1. The molecular formula is C19H20ClN3O2. The molecule has 2 heterocycles. The van der Waals surface area contributed by atoms with E-state index in [0.717, 1.165) is 18.9 Å². The first-order valence-electron chi connectivity index (χ1n) is 8.36. The number of pyridine rings is 1. The van der Waals surface area contributed by atoms with Gasteiger partial charge in [-0.15, -0.1) is 0 Å². The summed E-state index contributed by atoms with van der Waals surface area (Å²) in [6, 6.07) is 12.7. The fraction of sp³-hybridized carbons (Fsp3) is 0.316. The van der Waals surface area contributed by atoms with E-state index >= 15 is 0 Å². The number of piperazine rings is 1. The maximum atomic E-state index is 12.4. The number of carbonyl (C=O) groups excluding carboxylic acids is 2. The van der Waals surface area contributed by atoms with E-state index in [1.807, 2.05) is 23.1 Å². The van der Waals surface area contributed by atoms with E-state index in [4.69, 9.17) is 11.6 Å². The van der Waals surface area contributed by atoms with Crippen molar-refractivity contribution in [1.82, 2.24) is 9.88 Å². The summed E-state index contributed by atoms with van der Waals surface area (Å²) >= 11 is 5.90. The molecule has 1 aromatic heterocycles. The number of amides is 1. The molecule has 0 radical (unpaired) electrons. The Labute approximate surface area is 152 Å². The van der Waals surface area contributed by atoms with Gasteiger partial charge in [0.25, 0.3) is 0 Å². The summed E-state index contributed by atoms with van der Waals surface area (Å²) in [4.78, 5) is 32.9. The summed E-state index contributed by atoms with van der Waals surface area (Å²) < 4.78 is 0. The second-order valence-electron chi connectivity index (χ2n) is 5.99. The van der Waals surface area contributed by atoms with Crippen molar-refractivity contribution in [2.45, 2.75) is 12.8 Å². The normalized spacial score (nSPS) is 14.4. The second kappa shape index (κ2) is 8.12. The van der Waals surface area contributed by atoms with Gasteiger partial charge in [0.1, 0.15) is 5.82 Å². The number of hydrogen-bond acceptors (Lipinski definition) is 4. The zero-order valence-corrected chi connectivity index (χ0v) is 14.7. The van der Waals surface area contributed by atoms with Gasteiger partial charge in [-0.05, 0) is 24.3 Å². The Hall–Kier alpha value is -2.40. The van der Waals surface area contributed by atoms with Crippen LogP contribution in [0.2, 0.25) is 5.02 Å². The maximum Gasteiger partial charge on any atom is 0.223 e. The molecule has 0 unspecified atom stereocenters. The first-order valence-corrected chi connectivity index (χ1v) is 8.74. The lowest BCUT2D eigenvalue weighted by molar-refractivity contribution is -0.131. The Morgan fingerprint density at radius 1 is 1.00 bits per heavy atom. The molecule has 0 bridgehead atoms. The van der Waals surface area contributed by atoms with Crippen LogP contribution in [0.1, 0.15) is 23.2 Å². The summed E-state index contributed by atoms with van der Waals surface area (Å²) in [7, 11) is 0. The highest BCUT2D eigenvalue weighted by Gasteiger charge is 2.22. The van der Waals surface area contributed by atoms with E-state index in [-0.39, 0.29) is 24.5 Å². The van der Waals surface area contributed by atoms with Crippen molar-refractivity contribution >= 4 is 29.1 Å². The van der Waals surface area contributed by atoms with E-state index in [1.54, 1.807) is 30.5 Å². The largest absolute Gasteiger partial charge is 0.353 e. The van der Waals surface area contributed by atoms with Gasteiger partial charge >= 0.3 is 0 Å². The van der Waals surface area contributed by atoms with Crippen LogP contribution in [0, 0.1) is 0 Å². The number of rotatable bonds is 5. The molecular weight excluding hydrogens is 338 g/mol.